The van der Waals surface area contributed by atoms with Crippen LogP contribution in [-0.2, 0) is 11.0 Å². The fraction of sp³-hybridized carbons (Fsp3) is 0.292. The number of anilines is 2. The summed E-state index contributed by atoms with van der Waals surface area (Å²) in [6.45, 7) is 0.578. The zero-order valence-electron chi connectivity index (χ0n) is 19.1. The van der Waals surface area contributed by atoms with Crippen LogP contribution in [0.3, 0.4) is 0 Å². The van der Waals surface area contributed by atoms with Crippen molar-refractivity contribution < 1.29 is 37.7 Å². The lowest BCUT2D eigenvalue weighted by Gasteiger charge is -2.33. The first-order valence-corrected chi connectivity index (χ1v) is 12.7. The maximum atomic E-state index is 12.8. The molecule has 1 fully saturated rings. The van der Waals surface area contributed by atoms with Gasteiger partial charge in [0.05, 0.1) is 14.9 Å². The number of thiophene rings is 1. The first kappa shape index (κ1) is 26.7. The number of rotatable bonds is 8. The number of aromatic nitrogens is 1. The number of benzene rings is 1. The number of ether oxygens (including phenoxy) is 1. The number of carbonyl (C=O) groups is 2. The van der Waals surface area contributed by atoms with Gasteiger partial charge in [-0.15, -0.1) is 11.3 Å². The molecule has 8 nitrogen and oxygen atoms in total. The van der Waals surface area contributed by atoms with Crippen LogP contribution in [0.1, 0.15) is 28.1 Å². The first-order chi connectivity index (χ1) is 17.5. The summed E-state index contributed by atoms with van der Waals surface area (Å²) in [5.74, 6) is -1.97. The van der Waals surface area contributed by atoms with Crippen LogP contribution in [-0.4, -0.2) is 52.9 Å². The van der Waals surface area contributed by atoms with E-state index < -0.39 is 30.3 Å². The number of halogens is 4. The maximum Gasteiger partial charge on any atom is 0.417 e. The highest BCUT2D eigenvalue weighted by molar-refractivity contribution is 9.10. The van der Waals surface area contributed by atoms with Gasteiger partial charge in [-0.2, -0.15) is 13.2 Å². The van der Waals surface area contributed by atoms with Gasteiger partial charge in [-0.25, -0.2) is 14.6 Å². The van der Waals surface area contributed by atoms with Crippen molar-refractivity contribution in [2.75, 3.05) is 29.9 Å². The molecule has 196 valence electrons. The quantitative estimate of drug-likeness (QED) is 0.296. The number of aliphatic carboxylic acids is 1. The fourth-order valence-corrected chi connectivity index (χ4v) is 5.85. The number of nitrogens with zero attached hydrogens (tertiary/aromatic N) is 2. The third-order valence-electron chi connectivity index (χ3n) is 5.73. The van der Waals surface area contributed by atoms with Gasteiger partial charge in [0.15, 0.2) is 17.2 Å². The molecule has 1 aromatic carbocycles. The number of aromatic carboxylic acids is 1. The van der Waals surface area contributed by atoms with E-state index in [1.807, 2.05) is 29.2 Å². The van der Waals surface area contributed by atoms with Crippen LogP contribution in [0.15, 0.2) is 47.1 Å². The number of pyridine rings is 1. The van der Waals surface area contributed by atoms with Crippen molar-refractivity contribution in [1.82, 2.24) is 4.98 Å². The predicted molar refractivity (Wildman–Crippen MR) is 136 cm³/mol. The average molecular weight is 600 g/mol. The number of piperidine rings is 1. The van der Waals surface area contributed by atoms with Gasteiger partial charge in [0.1, 0.15) is 5.82 Å². The van der Waals surface area contributed by atoms with Gasteiger partial charge in [-0.1, -0.05) is 12.1 Å². The zero-order valence-corrected chi connectivity index (χ0v) is 21.5. The van der Waals surface area contributed by atoms with Crippen molar-refractivity contribution in [1.29, 1.82) is 0 Å². The number of carboxylic acid groups (broad SMARTS) is 2. The Kier molecular flexibility index (Phi) is 7.93. The van der Waals surface area contributed by atoms with E-state index in [1.54, 1.807) is 0 Å². The topological polar surface area (TPSA) is 112 Å². The SMILES string of the molecule is O=C(O)COc1c(C(=O)O)sc(-c2cccc(NC3CCN(c4ccc(C(F)(F)F)cn4)CC3)c2)c1Br. The highest BCUT2D eigenvalue weighted by atomic mass is 79.9. The van der Waals surface area contributed by atoms with Crippen LogP contribution in [0.4, 0.5) is 24.7 Å². The van der Waals surface area contributed by atoms with Crippen LogP contribution in [0.25, 0.3) is 10.4 Å². The van der Waals surface area contributed by atoms with Crippen LogP contribution in [0.5, 0.6) is 5.75 Å². The Morgan fingerprint density at radius 1 is 1.19 bits per heavy atom. The minimum atomic E-state index is -4.42. The second-order valence-corrected chi connectivity index (χ2v) is 10.1. The van der Waals surface area contributed by atoms with Gasteiger partial charge in [0, 0.05) is 31.0 Å². The Morgan fingerprint density at radius 2 is 1.92 bits per heavy atom. The van der Waals surface area contributed by atoms with Crippen LogP contribution in [0.2, 0.25) is 0 Å². The van der Waals surface area contributed by atoms with Crippen LogP contribution in [0, 0.1) is 0 Å². The average Bonchev–Trinajstić information content (AvgIpc) is 3.19. The number of hydrogen-bond acceptors (Lipinski definition) is 7. The Morgan fingerprint density at radius 3 is 2.51 bits per heavy atom. The molecule has 0 amide bonds. The van der Waals surface area contributed by atoms with Gasteiger partial charge in [-0.3, -0.25) is 0 Å². The minimum absolute atomic E-state index is 0.0301. The molecule has 3 aromatic rings. The van der Waals surface area contributed by atoms with Crippen molar-refractivity contribution in [3.63, 3.8) is 0 Å². The molecule has 0 unspecified atom stereocenters. The fourth-order valence-electron chi connectivity index (χ4n) is 3.96. The van der Waals surface area contributed by atoms with Crippen molar-refractivity contribution in [2.45, 2.75) is 25.1 Å². The normalized spacial score (nSPS) is 14.4. The molecule has 0 atom stereocenters. The van der Waals surface area contributed by atoms with Gasteiger partial charge in [0.25, 0.3) is 0 Å². The third kappa shape index (κ3) is 6.34. The second kappa shape index (κ2) is 11.0. The van der Waals surface area contributed by atoms with Crippen molar-refractivity contribution in [3.05, 3.63) is 57.5 Å². The van der Waals surface area contributed by atoms with E-state index >= 15 is 0 Å². The molecule has 1 saturated heterocycles. The first-order valence-electron chi connectivity index (χ1n) is 11.1. The summed E-state index contributed by atoms with van der Waals surface area (Å²) in [7, 11) is 0. The molecular formula is C24H21BrF3N3O5S. The van der Waals surface area contributed by atoms with Crippen LogP contribution >= 0.6 is 27.3 Å². The number of alkyl halides is 3. The molecule has 0 radical (unpaired) electrons. The number of nitrogens with one attached hydrogen (secondary N) is 1. The molecule has 3 N–H and O–H groups in total. The number of hydrogen-bond donors (Lipinski definition) is 3. The summed E-state index contributed by atoms with van der Waals surface area (Å²) in [5, 5.41) is 21.9. The summed E-state index contributed by atoms with van der Waals surface area (Å²) >= 11 is 4.34. The minimum Gasteiger partial charge on any atom is -0.479 e. The van der Waals surface area contributed by atoms with E-state index in [0.717, 1.165) is 47.7 Å². The lowest BCUT2D eigenvalue weighted by Crippen LogP contribution is -2.39. The zero-order chi connectivity index (χ0) is 26.7. The van der Waals surface area contributed by atoms with Gasteiger partial charge in [0.2, 0.25) is 0 Å². The Bertz CT molecular complexity index is 1290. The second-order valence-electron chi connectivity index (χ2n) is 8.28. The smallest absolute Gasteiger partial charge is 0.417 e. The summed E-state index contributed by atoms with van der Waals surface area (Å²) in [6.07, 6.45) is -2.09. The molecule has 1 aliphatic rings. The Labute approximate surface area is 221 Å². The highest BCUT2D eigenvalue weighted by Crippen LogP contribution is 2.46. The van der Waals surface area contributed by atoms with Crippen molar-refractivity contribution in [2.24, 2.45) is 0 Å². The molecule has 3 heterocycles. The summed E-state index contributed by atoms with van der Waals surface area (Å²) < 4.78 is 43.9. The lowest BCUT2D eigenvalue weighted by atomic mass is 10.0. The van der Waals surface area contributed by atoms with E-state index in [0.29, 0.717) is 28.3 Å². The highest BCUT2D eigenvalue weighted by Gasteiger charge is 2.31. The predicted octanol–water partition coefficient (Wildman–Crippen LogP) is 5.83. The molecule has 2 aromatic heterocycles. The van der Waals surface area contributed by atoms with Gasteiger partial charge in [-0.05, 0) is 58.6 Å². The molecular weight excluding hydrogens is 579 g/mol. The lowest BCUT2D eigenvalue weighted by molar-refractivity contribution is -0.139. The third-order valence-corrected chi connectivity index (χ3v) is 7.96. The Balaban J connectivity index is 1.43. The van der Waals surface area contributed by atoms with Gasteiger partial charge >= 0.3 is 18.1 Å². The monoisotopic (exact) mass is 599 g/mol. The molecule has 37 heavy (non-hydrogen) atoms. The summed E-state index contributed by atoms with van der Waals surface area (Å²) in [4.78, 5) is 29.0. The maximum absolute atomic E-state index is 12.8. The summed E-state index contributed by atoms with van der Waals surface area (Å²) in [5.41, 5.74) is 0.760. The van der Waals surface area contributed by atoms with Crippen LogP contribution < -0.4 is 15.0 Å². The standard InChI is InChI=1S/C24H21BrF3N3O5S/c25-19-20(36-12-18(32)33)22(23(34)35)37-21(19)13-2-1-3-16(10-13)30-15-6-8-31(9-7-15)17-5-4-14(11-29-17)24(26,27)28/h1-5,10-11,15,30H,6-9,12H2,(H,32,33)(H,34,35). The molecule has 0 bridgehead atoms. The molecule has 0 spiro atoms. The molecule has 0 saturated carbocycles. The Hall–Kier alpha value is -3.32. The van der Waals surface area contributed by atoms with E-state index in [4.69, 9.17) is 9.84 Å². The van der Waals surface area contributed by atoms with Gasteiger partial charge < -0.3 is 25.2 Å². The van der Waals surface area contributed by atoms with E-state index in [1.165, 1.54) is 6.07 Å². The van der Waals surface area contributed by atoms with Crippen molar-refractivity contribution in [3.8, 4) is 16.2 Å². The molecule has 4 rings (SSSR count). The van der Waals surface area contributed by atoms with E-state index in [9.17, 15) is 27.9 Å². The van der Waals surface area contributed by atoms with E-state index in [-0.39, 0.29) is 16.7 Å². The number of carboxylic acids is 2. The summed E-state index contributed by atoms with van der Waals surface area (Å²) in [6, 6.07) is 9.93. The largest absolute Gasteiger partial charge is 0.479 e. The molecule has 1 aliphatic heterocycles. The molecule has 0 aliphatic carbocycles. The van der Waals surface area contributed by atoms with Crippen molar-refractivity contribution >= 4 is 50.7 Å². The molecule has 13 heteroatoms. The van der Waals surface area contributed by atoms with E-state index in [2.05, 4.69) is 26.2 Å².